The number of alkyl halides is 1. The summed E-state index contributed by atoms with van der Waals surface area (Å²) in [5.41, 5.74) is -0.522. The third-order valence-electron chi connectivity index (χ3n) is 2.08. The van der Waals surface area contributed by atoms with Crippen LogP contribution in [0.1, 0.15) is 27.2 Å². The molecule has 0 heterocycles. The van der Waals surface area contributed by atoms with Gasteiger partial charge in [-0.3, -0.25) is 0 Å². The number of hydrogen-bond donors (Lipinski definition) is 2. The lowest BCUT2D eigenvalue weighted by Gasteiger charge is -2.22. The number of aliphatic hydroxyl groups excluding tert-OH is 1. The standard InChI is InChI=1S/C12H25ClN2O3/c1-12(2,3)18-11(17)14-8-10(16)9-15(4)7-5-6-13/h10,16H,5-9H2,1-4H3,(H,14,17)/t10-/m0/s1. The number of hydrogen-bond acceptors (Lipinski definition) is 4. The number of aliphatic hydroxyl groups is 1. The molecule has 0 aliphatic carbocycles. The molecule has 2 N–H and O–H groups in total. The Morgan fingerprint density at radius 2 is 2.11 bits per heavy atom. The molecule has 0 aromatic heterocycles. The molecule has 0 unspecified atom stereocenters. The van der Waals surface area contributed by atoms with Gasteiger partial charge in [-0.2, -0.15) is 0 Å². The topological polar surface area (TPSA) is 61.8 Å². The number of ether oxygens (including phenoxy) is 1. The molecule has 0 radical (unpaired) electrons. The second kappa shape index (κ2) is 8.56. The molecular formula is C12H25ClN2O3. The van der Waals surface area contributed by atoms with E-state index < -0.39 is 17.8 Å². The van der Waals surface area contributed by atoms with Crippen LogP contribution in [0.25, 0.3) is 0 Å². The van der Waals surface area contributed by atoms with Gasteiger partial charge >= 0.3 is 6.09 Å². The van der Waals surface area contributed by atoms with Gasteiger partial charge in [0.05, 0.1) is 6.10 Å². The van der Waals surface area contributed by atoms with Crippen LogP contribution in [0, 0.1) is 0 Å². The van der Waals surface area contributed by atoms with Crippen molar-refractivity contribution in [3.05, 3.63) is 0 Å². The van der Waals surface area contributed by atoms with Crippen molar-refractivity contribution in [3.8, 4) is 0 Å². The maximum Gasteiger partial charge on any atom is 0.407 e. The van der Waals surface area contributed by atoms with E-state index in [-0.39, 0.29) is 6.54 Å². The molecule has 1 amide bonds. The van der Waals surface area contributed by atoms with E-state index in [4.69, 9.17) is 16.3 Å². The van der Waals surface area contributed by atoms with Crippen molar-refractivity contribution in [1.29, 1.82) is 0 Å². The largest absolute Gasteiger partial charge is 0.444 e. The number of nitrogens with one attached hydrogen (secondary N) is 1. The van der Waals surface area contributed by atoms with E-state index in [1.54, 1.807) is 20.8 Å². The quantitative estimate of drug-likeness (QED) is 0.693. The Kier molecular flexibility index (Phi) is 8.31. The molecule has 18 heavy (non-hydrogen) atoms. The summed E-state index contributed by atoms with van der Waals surface area (Å²) >= 11 is 5.58. The first-order valence-electron chi connectivity index (χ1n) is 6.14. The summed E-state index contributed by atoms with van der Waals surface area (Å²) in [6.07, 6.45) is -0.243. The number of rotatable bonds is 7. The number of amides is 1. The monoisotopic (exact) mass is 280 g/mol. The summed E-state index contributed by atoms with van der Waals surface area (Å²) in [6, 6.07) is 0. The molecule has 0 saturated heterocycles. The summed E-state index contributed by atoms with van der Waals surface area (Å²) in [7, 11) is 1.91. The Bertz CT molecular complexity index is 244. The highest BCUT2D eigenvalue weighted by Gasteiger charge is 2.17. The lowest BCUT2D eigenvalue weighted by molar-refractivity contribution is 0.0475. The first-order valence-corrected chi connectivity index (χ1v) is 6.67. The second-order valence-electron chi connectivity index (χ2n) is 5.34. The van der Waals surface area contributed by atoms with E-state index in [1.165, 1.54) is 0 Å². The van der Waals surface area contributed by atoms with Crippen molar-refractivity contribution in [3.63, 3.8) is 0 Å². The van der Waals surface area contributed by atoms with E-state index >= 15 is 0 Å². The number of carbonyl (C=O) groups is 1. The van der Waals surface area contributed by atoms with Crippen molar-refractivity contribution in [2.45, 2.75) is 38.9 Å². The number of alkyl carbamates (subject to hydrolysis) is 1. The molecule has 6 heteroatoms. The normalized spacial score (nSPS) is 13.5. The molecule has 0 spiro atoms. The third kappa shape index (κ3) is 10.6. The van der Waals surface area contributed by atoms with Crippen LogP contribution >= 0.6 is 11.6 Å². The van der Waals surface area contributed by atoms with Crippen molar-refractivity contribution >= 4 is 17.7 Å². The Morgan fingerprint density at radius 3 is 2.61 bits per heavy atom. The predicted molar refractivity (Wildman–Crippen MR) is 73.1 cm³/mol. The highest BCUT2D eigenvalue weighted by atomic mass is 35.5. The highest BCUT2D eigenvalue weighted by molar-refractivity contribution is 6.17. The molecule has 108 valence electrons. The lowest BCUT2D eigenvalue weighted by Crippen LogP contribution is -2.41. The van der Waals surface area contributed by atoms with Crippen molar-refractivity contribution in [2.24, 2.45) is 0 Å². The van der Waals surface area contributed by atoms with Gasteiger partial charge in [0.1, 0.15) is 5.60 Å². The van der Waals surface area contributed by atoms with E-state index in [1.807, 2.05) is 11.9 Å². The maximum absolute atomic E-state index is 11.3. The van der Waals surface area contributed by atoms with Crippen LogP contribution in [0.3, 0.4) is 0 Å². The first-order chi connectivity index (χ1) is 8.24. The van der Waals surface area contributed by atoms with Gasteiger partial charge in [-0.25, -0.2) is 4.79 Å². The van der Waals surface area contributed by atoms with E-state index in [2.05, 4.69) is 5.32 Å². The van der Waals surface area contributed by atoms with Crippen LogP contribution in [0.5, 0.6) is 0 Å². The summed E-state index contributed by atoms with van der Waals surface area (Å²) in [4.78, 5) is 13.3. The average Bonchev–Trinajstić information content (AvgIpc) is 2.21. The minimum atomic E-state index is -0.613. The molecule has 0 aliphatic heterocycles. The van der Waals surface area contributed by atoms with Gasteiger partial charge in [0.25, 0.3) is 0 Å². The van der Waals surface area contributed by atoms with Gasteiger partial charge in [-0.15, -0.1) is 11.6 Å². The first kappa shape index (κ1) is 17.5. The van der Waals surface area contributed by atoms with Gasteiger partial charge in [0.2, 0.25) is 0 Å². The Morgan fingerprint density at radius 1 is 1.50 bits per heavy atom. The summed E-state index contributed by atoms with van der Waals surface area (Å²) in [5, 5.41) is 12.3. The number of likely N-dealkylation sites (N-methyl/N-ethyl adjacent to an activating group) is 1. The predicted octanol–water partition coefficient (Wildman–Crippen LogP) is 1.43. The zero-order valence-electron chi connectivity index (χ0n) is 11.7. The summed E-state index contributed by atoms with van der Waals surface area (Å²) in [6.45, 7) is 6.88. The van der Waals surface area contributed by atoms with Crippen LogP contribution in [-0.4, -0.2) is 60.4 Å². The number of nitrogens with zero attached hydrogens (tertiary/aromatic N) is 1. The van der Waals surface area contributed by atoms with Crippen molar-refractivity contribution in [2.75, 3.05) is 32.6 Å². The minimum absolute atomic E-state index is 0.181. The highest BCUT2D eigenvalue weighted by Crippen LogP contribution is 2.06. The molecule has 0 aromatic carbocycles. The Labute approximate surface area is 114 Å². The van der Waals surface area contributed by atoms with Crippen LogP contribution in [0.2, 0.25) is 0 Å². The van der Waals surface area contributed by atoms with Crippen molar-refractivity contribution in [1.82, 2.24) is 10.2 Å². The molecule has 0 bridgehead atoms. The molecule has 0 fully saturated rings. The van der Waals surface area contributed by atoms with Crippen LogP contribution in [0.4, 0.5) is 4.79 Å². The van der Waals surface area contributed by atoms with E-state index in [0.29, 0.717) is 12.4 Å². The zero-order valence-corrected chi connectivity index (χ0v) is 12.5. The fourth-order valence-electron chi connectivity index (χ4n) is 1.36. The molecule has 1 atom stereocenters. The van der Waals surface area contributed by atoms with Crippen LogP contribution < -0.4 is 5.32 Å². The van der Waals surface area contributed by atoms with Gasteiger partial charge in [0.15, 0.2) is 0 Å². The van der Waals surface area contributed by atoms with Crippen molar-refractivity contribution < 1.29 is 14.6 Å². The molecule has 0 saturated carbocycles. The summed E-state index contributed by atoms with van der Waals surface area (Å²) in [5.74, 6) is 0.608. The summed E-state index contributed by atoms with van der Waals surface area (Å²) < 4.78 is 5.07. The van der Waals surface area contributed by atoms with Gasteiger partial charge in [0, 0.05) is 19.0 Å². The molecular weight excluding hydrogens is 256 g/mol. The van der Waals surface area contributed by atoms with Crippen LogP contribution in [0.15, 0.2) is 0 Å². The van der Waals surface area contributed by atoms with E-state index in [9.17, 15) is 9.90 Å². The fraction of sp³-hybridized carbons (Fsp3) is 0.917. The molecule has 0 aromatic rings. The van der Waals surface area contributed by atoms with Gasteiger partial charge in [-0.05, 0) is 40.8 Å². The molecule has 0 aliphatic rings. The average molecular weight is 281 g/mol. The smallest absolute Gasteiger partial charge is 0.407 e. The maximum atomic E-state index is 11.3. The minimum Gasteiger partial charge on any atom is -0.444 e. The zero-order chi connectivity index (χ0) is 14.2. The number of halogens is 1. The third-order valence-corrected chi connectivity index (χ3v) is 2.34. The Balaban J connectivity index is 3.76. The fourth-order valence-corrected chi connectivity index (χ4v) is 1.48. The number of carbonyl (C=O) groups excluding carboxylic acids is 1. The molecule has 0 rings (SSSR count). The second-order valence-corrected chi connectivity index (χ2v) is 5.72. The molecule has 5 nitrogen and oxygen atoms in total. The lowest BCUT2D eigenvalue weighted by atomic mass is 10.2. The Hall–Kier alpha value is -0.520. The van der Waals surface area contributed by atoms with E-state index in [0.717, 1.165) is 13.0 Å². The van der Waals surface area contributed by atoms with Gasteiger partial charge in [-0.1, -0.05) is 0 Å². The SMILES string of the molecule is CN(CCCCl)C[C@@H](O)CNC(=O)OC(C)(C)C. The van der Waals surface area contributed by atoms with Crippen LogP contribution in [-0.2, 0) is 4.74 Å². The van der Waals surface area contributed by atoms with Gasteiger partial charge < -0.3 is 20.1 Å².